The van der Waals surface area contributed by atoms with E-state index in [0.29, 0.717) is 11.4 Å². The number of aromatic nitrogens is 3. The lowest BCUT2D eigenvalue weighted by Gasteiger charge is -2.11. The molecular formula is C18H17N5O5S. The van der Waals surface area contributed by atoms with Crippen molar-refractivity contribution in [1.82, 2.24) is 14.8 Å². The molecule has 0 radical (unpaired) electrons. The number of aryl methyl sites for hydroxylation is 1. The number of rotatable bonds is 6. The molecule has 0 aliphatic carbocycles. The molecule has 3 aromatic rings. The third-order valence-electron chi connectivity index (χ3n) is 4.63. The lowest BCUT2D eigenvalue weighted by Crippen LogP contribution is -2.15. The van der Waals surface area contributed by atoms with Gasteiger partial charge in [-0.3, -0.25) is 14.8 Å². The number of fused-ring (bicyclic) bond motifs is 1. The fourth-order valence-electron chi connectivity index (χ4n) is 3.29. The molecule has 0 fully saturated rings. The number of nitrogens with zero attached hydrogens (tertiary/aromatic N) is 4. The minimum atomic E-state index is -4.20. The van der Waals surface area contributed by atoms with Crippen LogP contribution in [-0.2, 0) is 23.0 Å². The fraction of sp³-hybridized carbons (Fsp3) is 0.222. The fourth-order valence-corrected chi connectivity index (χ4v) is 4.49. The summed E-state index contributed by atoms with van der Waals surface area (Å²) in [7, 11) is -2.86. The molecule has 10 nitrogen and oxygen atoms in total. The van der Waals surface area contributed by atoms with E-state index in [0.717, 1.165) is 37.3 Å². The molecule has 0 saturated carbocycles. The molecule has 0 atom stereocenters. The number of hydrogen-bond acceptors (Lipinski definition) is 7. The second-order valence-corrected chi connectivity index (χ2v) is 8.12. The second-order valence-electron chi connectivity index (χ2n) is 6.47. The molecule has 1 N–H and O–H groups in total. The van der Waals surface area contributed by atoms with Gasteiger partial charge in [0.05, 0.1) is 18.1 Å². The molecule has 0 amide bonds. The normalized spacial score (nSPS) is 13.1. The largest absolute Gasteiger partial charge is 0.497 e. The molecule has 0 spiro atoms. The maximum Gasteiger partial charge on any atom is 0.293 e. The van der Waals surface area contributed by atoms with Gasteiger partial charge in [-0.05, 0) is 30.7 Å². The van der Waals surface area contributed by atoms with E-state index in [4.69, 9.17) is 4.74 Å². The van der Waals surface area contributed by atoms with Gasteiger partial charge in [-0.25, -0.2) is 8.42 Å². The van der Waals surface area contributed by atoms with E-state index in [2.05, 4.69) is 14.9 Å². The van der Waals surface area contributed by atoms with E-state index < -0.39 is 25.5 Å². The van der Waals surface area contributed by atoms with Gasteiger partial charge < -0.3 is 9.30 Å². The molecule has 1 aromatic heterocycles. The highest BCUT2D eigenvalue weighted by molar-refractivity contribution is 7.92. The van der Waals surface area contributed by atoms with E-state index in [1.807, 2.05) is 10.6 Å². The van der Waals surface area contributed by atoms with E-state index in [1.54, 1.807) is 18.2 Å². The second kappa shape index (κ2) is 7.17. The van der Waals surface area contributed by atoms with Gasteiger partial charge in [0.25, 0.3) is 15.7 Å². The van der Waals surface area contributed by atoms with Crippen LogP contribution in [0, 0.1) is 10.1 Å². The van der Waals surface area contributed by atoms with Crippen LogP contribution in [-0.4, -0.2) is 35.2 Å². The van der Waals surface area contributed by atoms with Crippen LogP contribution in [0.5, 0.6) is 5.75 Å². The van der Waals surface area contributed by atoms with Gasteiger partial charge in [-0.15, -0.1) is 10.2 Å². The molecule has 1 aliphatic rings. The first-order valence-corrected chi connectivity index (χ1v) is 10.2. The minimum Gasteiger partial charge on any atom is -0.497 e. The van der Waals surface area contributed by atoms with Crippen LogP contribution in [0.4, 0.5) is 11.4 Å². The molecular weight excluding hydrogens is 398 g/mol. The number of anilines is 1. The monoisotopic (exact) mass is 415 g/mol. The van der Waals surface area contributed by atoms with Gasteiger partial charge in [0.15, 0.2) is 10.7 Å². The van der Waals surface area contributed by atoms with Gasteiger partial charge in [-0.2, -0.15) is 0 Å². The summed E-state index contributed by atoms with van der Waals surface area (Å²) in [6.45, 7) is 0.811. The highest BCUT2D eigenvalue weighted by Gasteiger charge is 2.27. The maximum atomic E-state index is 12.8. The minimum absolute atomic E-state index is 0.193. The topological polar surface area (TPSA) is 129 Å². The maximum absolute atomic E-state index is 12.8. The summed E-state index contributed by atoms with van der Waals surface area (Å²) in [5.74, 6) is 1.76. The molecule has 0 saturated heterocycles. The van der Waals surface area contributed by atoms with E-state index in [1.165, 1.54) is 13.2 Å². The Bertz CT molecular complexity index is 1210. The number of sulfonamides is 1. The van der Waals surface area contributed by atoms with Crippen molar-refractivity contribution in [2.24, 2.45) is 0 Å². The van der Waals surface area contributed by atoms with Gasteiger partial charge in [-0.1, -0.05) is 12.1 Å². The molecule has 0 unspecified atom stereocenters. The molecule has 2 heterocycles. The van der Waals surface area contributed by atoms with Crippen molar-refractivity contribution in [1.29, 1.82) is 0 Å². The Hall–Kier alpha value is -3.47. The Balaban J connectivity index is 1.68. The van der Waals surface area contributed by atoms with Crippen molar-refractivity contribution in [3.05, 3.63) is 58.4 Å². The number of hydrogen-bond donors (Lipinski definition) is 1. The summed E-state index contributed by atoms with van der Waals surface area (Å²) in [4.78, 5) is 10.1. The van der Waals surface area contributed by atoms with E-state index in [-0.39, 0.29) is 11.4 Å². The van der Waals surface area contributed by atoms with Crippen molar-refractivity contribution < 1.29 is 18.1 Å². The Labute approximate surface area is 166 Å². The zero-order valence-corrected chi connectivity index (χ0v) is 16.2. The quantitative estimate of drug-likeness (QED) is 0.484. The molecule has 0 bridgehead atoms. The van der Waals surface area contributed by atoms with Crippen LogP contribution in [0.25, 0.3) is 11.4 Å². The number of nitro groups is 1. The zero-order valence-electron chi connectivity index (χ0n) is 15.4. The summed E-state index contributed by atoms with van der Waals surface area (Å²) >= 11 is 0. The number of nitro benzene ring substituents is 1. The summed E-state index contributed by atoms with van der Waals surface area (Å²) < 4.78 is 35.0. The van der Waals surface area contributed by atoms with E-state index >= 15 is 0 Å². The number of methoxy groups -OCH3 is 1. The first-order chi connectivity index (χ1) is 13.9. The number of nitrogens with one attached hydrogen (secondary N) is 1. The standard InChI is InChI=1S/C18H17N5O5S/c1-28-14-7-8-16(15(11-14)23(24)25)29(26,27)21-13-5-2-4-12(10-13)18-20-19-17-6-3-9-22(17)18/h2,4-5,7-8,10-11,21H,3,6,9H2,1H3. The summed E-state index contributed by atoms with van der Waals surface area (Å²) in [6.07, 6.45) is 1.85. The van der Waals surface area contributed by atoms with Crippen LogP contribution in [0.2, 0.25) is 0 Å². The highest BCUT2D eigenvalue weighted by atomic mass is 32.2. The Morgan fingerprint density at radius 2 is 2.03 bits per heavy atom. The zero-order chi connectivity index (χ0) is 20.6. The van der Waals surface area contributed by atoms with Crippen molar-refractivity contribution in [3.8, 4) is 17.1 Å². The van der Waals surface area contributed by atoms with Gasteiger partial charge in [0.1, 0.15) is 11.6 Å². The lowest BCUT2D eigenvalue weighted by molar-refractivity contribution is -0.387. The Morgan fingerprint density at radius 1 is 1.21 bits per heavy atom. The predicted molar refractivity (Wildman–Crippen MR) is 104 cm³/mol. The Kier molecular flexibility index (Phi) is 4.66. The summed E-state index contributed by atoms with van der Waals surface area (Å²) in [5, 5.41) is 19.7. The molecule has 2 aromatic carbocycles. The van der Waals surface area contributed by atoms with Crippen molar-refractivity contribution >= 4 is 21.4 Å². The predicted octanol–water partition coefficient (Wildman–Crippen LogP) is 2.61. The van der Waals surface area contributed by atoms with Crippen molar-refractivity contribution in [3.63, 3.8) is 0 Å². The third-order valence-corrected chi connectivity index (χ3v) is 6.06. The van der Waals surface area contributed by atoms with Gasteiger partial charge in [0.2, 0.25) is 0 Å². The van der Waals surface area contributed by atoms with Crippen LogP contribution in [0.1, 0.15) is 12.2 Å². The summed E-state index contributed by atoms with van der Waals surface area (Å²) in [6, 6.07) is 10.3. The molecule has 150 valence electrons. The average molecular weight is 415 g/mol. The van der Waals surface area contributed by atoms with Crippen LogP contribution >= 0.6 is 0 Å². The Morgan fingerprint density at radius 3 is 2.79 bits per heavy atom. The molecule has 29 heavy (non-hydrogen) atoms. The molecule has 4 rings (SSSR count). The molecule has 11 heteroatoms. The highest BCUT2D eigenvalue weighted by Crippen LogP contribution is 2.31. The first-order valence-electron chi connectivity index (χ1n) is 8.77. The smallest absolute Gasteiger partial charge is 0.293 e. The summed E-state index contributed by atoms with van der Waals surface area (Å²) in [5.41, 5.74) is 0.404. The number of benzene rings is 2. The van der Waals surface area contributed by atoms with Crippen molar-refractivity contribution in [2.75, 3.05) is 11.8 Å². The third kappa shape index (κ3) is 3.51. The van der Waals surface area contributed by atoms with Crippen LogP contribution < -0.4 is 9.46 Å². The van der Waals surface area contributed by atoms with Gasteiger partial charge >= 0.3 is 0 Å². The van der Waals surface area contributed by atoms with Gasteiger partial charge in [0, 0.05) is 24.2 Å². The van der Waals surface area contributed by atoms with Crippen molar-refractivity contribution in [2.45, 2.75) is 24.3 Å². The van der Waals surface area contributed by atoms with E-state index in [9.17, 15) is 18.5 Å². The SMILES string of the molecule is COc1ccc(S(=O)(=O)Nc2cccc(-c3nnc4n3CCC4)c2)c([N+](=O)[O-])c1. The average Bonchev–Trinajstić information content (AvgIpc) is 3.31. The lowest BCUT2D eigenvalue weighted by atomic mass is 10.2. The molecule has 1 aliphatic heterocycles. The number of ether oxygens (including phenoxy) is 1. The van der Waals surface area contributed by atoms with Crippen LogP contribution in [0.3, 0.4) is 0 Å². The van der Waals surface area contributed by atoms with Crippen LogP contribution in [0.15, 0.2) is 47.4 Å². The first kappa shape index (κ1) is 18.9.